The number of benzene rings is 2. The molecule has 0 saturated carbocycles. The normalized spacial score (nSPS) is 17.6. The number of hydrogen-bond acceptors (Lipinski definition) is 4. The summed E-state index contributed by atoms with van der Waals surface area (Å²) in [5.41, 5.74) is 4.03. The van der Waals surface area contributed by atoms with Gasteiger partial charge in [-0.25, -0.2) is 0 Å². The van der Waals surface area contributed by atoms with Gasteiger partial charge in [-0.3, -0.25) is 14.3 Å². The fourth-order valence-corrected chi connectivity index (χ4v) is 4.66. The molecule has 0 aliphatic carbocycles. The zero-order valence-corrected chi connectivity index (χ0v) is 19.3. The van der Waals surface area contributed by atoms with Crippen molar-refractivity contribution in [3.63, 3.8) is 0 Å². The molecule has 8 heteroatoms. The molecule has 31 heavy (non-hydrogen) atoms. The van der Waals surface area contributed by atoms with Gasteiger partial charge in [0.05, 0.1) is 17.3 Å². The molecule has 7 nitrogen and oxygen atoms in total. The molecule has 2 atom stereocenters. The van der Waals surface area contributed by atoms with Crippen LogP contribution >= 0.6 is 15.9 Å². The first kappa shape index (κ1) is 21.1. The molecule has 3 aromatic rings. The predicted molar refractivity (Wildman–Crippen MR) is 122 cm³/mol. The van der Waals surface area contributed by atoms with Crippen molar-refractivity contribution < 1.29 is 14.3 Å². The molecule has 1 aromatic heterocycles. The molecule has 2 amide bonds. The van der Waals surface area contributed by atoms with Crippen molar-refractivity contribution in [3.05, 3.63) is 74.9 Å². The highest BCUT2D eigenvalue weighted by Gasteiger charge is 2.41. The van der Waals surface area contributed by atoms with E-state index in [9.17, 15) is 9.59 Å². The third-order valence-corrected chi connectivity index (χ3v) is 6.16. The van der Waals surface area contributed by atoms with Crippen LogP contribution in [0.2, 0.25) is 0 Å². The molecule has 1 aliphatic rings. The van der Waals surface area contributed by atoms with Crippen LogP contribution in [0.25, 0.3) is 0 Å². The Morgan fingerprint density at radius 2 is 2.00 bits per heavy atom. The predicted octanol–water partition coefficient (Wildman–Crippen LogP) is 3.69. The van der Waals surface area contributed by atoms with E-state index in [0.29, 0.717) is 17.1 Å². The van der Waals surface area contributed by atoms with E-state index in [4.69, 9.17) is 4.74 Å². The summed E-state index contributed by atoms with van der Waals surface area (Å²) in [6, 6.07) is 12.2. The van der Waals surface area contributed by atoms with Crippen molar-refractivity contribution in [2.45, 2.75) is 25.8 Å². The lowest BCUT2D eigenvalue weighted by atomic mass is 9.81. The number of nitrogens with one attached hydrogen (secondary N) is 2. The fraction of sp³-hybridized carbons (Fsp3) is 0.261. The van der Waals surface area contributed by atoms with Crippen molar-refractivity contribution in [1.82, 2.24) is 15.1 Å². The molecule has 2 N–H and O–H groups in total. The zero-order valence-electron chi connectivity index (χ0n) is 17.7. The Bertz CT molecular complexity index is 1190. The van der Waals surface area contributed by atoms with Gasteiger partial charge >= 0.3 is 0 Å². The monoisotopic (exact) mass is 482 g/mol. The quantitative estimate of drug-likeness (QED) is 0.593. The Morgan fingerprint density at radius 1 is 1.23 bits per heavy atom. The van der Waals surface area contributed by atoms with Gasteiger partial charge in [-0.05, 0) is 59.6 Å². The molecular weight excluding hydrogens is 460 g/mol. The molecule has 1 aliphatic heterocycles. The Labute approximate surface area is 188 Å². The van der Waals surface area contributed by atoms with Crippen LogP contribution in [0.5, 0.6) is 5.75 Å². The van der Waals surface area contributed by atoms with E-state index in [2.05, 4.69) is 31.7 Å². The number of aromatic nitrogens is 2. The Kier molecular flexibility index (Phi) is 5.58. The zero-order chi connectivity index (χ0) is 22.3. The molecule has 160 valence electrons. The highest BCUT2D eigenvalue weighted by molar-refractivity contribution is 9.10. The number of aryl methyl sites for hydroxylation is 3. The number of hydrogen-bond donors (Lipinski definition) is 2. The Morgan fingerprint density at radius 3 is 2.68 bits per heavy atom. The summed E-state index contributed by atoms with van der Waals surface area (Å²) in [6.07, 6.45) is 0. The first-order chi connectivity index (χ1) is 14.8. The standard InChI is InChI=1S/C23H23BrN4O3/c1-12-6-5-7-15(10-12)22(29)25-20-19(14-8-9-17(31-4)16(24)11-14)18-13(2)27-28(3)21(18)26-23(20)30/h5-11,19-20H,1-4H3,(H,25,29)(H,26,30)/t19-,20+/m0/s1. The van der Waals surface area contributed by atoms with E-state index in [1.54, 1.807) is 31.0 Å². The van der Waals surface area contributed by atoms with Crippen molar-refractivity contribution in [2.75, 3.05) is 12.4 Å². The third kappa shape index (κ3) is 3.83. The number of methoxy groups -OCH3 is 1. The average molecular weight is 483 g/mol. The first-order valence-electron chi connectivity index (χ1n) is 9.85. The number of halogens is 1. The van der Waals surface area contributed by atoms with Crippen LogP contribution in [-0.4, -0.2) is 34.7 Å². The van der Waals surface area contributed by atoms with Crippen LogP contribution in [0.3, 0.4) is 0 Å². The van der Waals surface area contributed by atoms with E-state index in [1.165, 1.54) is 0 Å². The maximum atomic E-state index is 13.1. The van der Waals surface area contributed by atoms with Crippen LogP contribution in [0.1, 0.15) is 38.7 Å². The number of carbonyl (C=O) groups is 2. The van der Waals surface area contributed by atoms with Gasteiger partial charge in [0.25, 0.3) is 5.91 Å². The molecule has 0 saturated heterocycles. The summed E-state index contributed by atoms with van der Waals surface area (Å²) in [7, 11) is 3.39. The number of rotatable bonds is 4. The molecule has 2 aromatic carbocycles. The van der Waals surface area contributed by atoms with Gasteiger partial charge in [-0.15, -0.1) is 0 Å². The summed E-state index contributed by atoms with van der Waals surface area (Å²) in [4.78, 5) is 26.2. The van der Waals surface area contributed by atoms with E-state index in [1.807, 2.05) is 44.2 Å². The SMILES string of the molecule is COc1ccc([C@H]2c3c(C)nn(C)c3NC(=O)[C@@H]2NC(=O)c2cccc(C)c2)cc1Br. The summed E-state index contributed by atoms with van der Waals surface area (Å²) in [6.45, 7) is 3.83. The second-order valence-corrected chi connectivity index (χ2v) is 8.51. The molecular formula is C23H23BrN4O3. The Hall–Kier alpha value is -3.13. The third-order valence-electron chi connectivity index (χ3n) is 5.54. The lowest BCUT2D eigenvalue weighted by Gasteiger charge is -2.33. The van der Waals surface area contributed by atoms with Crippen molar-refractivity contribution in [2.24, 2.45) is 7.05 Å². The molecule has 0 fully saturated rings. The van der Waals surface area contributed by atoms with E-state index in [0.717, 1.165) is 26.9 Å². The summed E-state index contributed by atoms with van der Waals surface area (Å²) in [5, 5.41) is 10.4. The fourth-order valence-electron chi connectivity index (χ4n) is 4.10. The number of carbonyl (C=O) groups excluding carboxylic acids is 2. The first-order valence-corrected chi connectivity index (χ1v) is 10.6. The van der Waals surface area contributed by atoms with Gasteiger partial charge in [0, 0.05) is 24.1 Å². The number of amides is 2. The maximum absolute atomic E-state index is 13.1. The highest BCUT2D eigenvalue weighted by Crippen LogP contribution is 2.41. The smallest absolute Gasteiger partial charge is 0.251 e. The topological polar surface area (TPSA) is 85.2 Å². The molecule has 0 spiro atoms. The van der Waals surface area contributed by atoms with Crippen molar-refractivity contribution in [1.29, 1.82) is 0 Å². The van der Waals surface area contributed by atoms with E-state index in [-0.39, 0.29) is 11.8 Å². The molecule has 0 unspecified atom stereocenters. The molecule has 4 rings (SSSR count). The van der Waals surface area contributed by atoms with Gasteiger partial charge in [0.15, 0.2) is 0 Å². The number of ether oxygens (including phenoxy) is 1. The van der Waals surface area contributed by atoms with Crippen LogP contribution in [0, 0.1) is 13.8 Å². The molecule has 0 bridgehead atoms. The average Bonchev–Trinajstić information content (AvgIpc) is 3.01. The number of nitrogens with zero attached hydrogens (tertiary/aromatic N) is 2. The highest BCUT2D eigenvalue weighted by atomic mass is 79.9. The van der Waals surface area contributed by atoms with Gasteiger partial charge in [0.1, 0.15) is 17.6 Å². The van der Waals surface area contributed by atoms with Crippen molar-refractivity contribution in [3.8, 4) is 5.75 Å². The van der Waals surface area contributed by atoms with Gasteiger partial charge in [-0.2, -0.15) is 5.10 Å². The number of fused-ring (bicyclic) bond motifs is 1. The summed E-state index contributed by atoms with van der Waals surface area (Å²) < 4.78 is 7.78. The Balaban J connectivity index is 1.80. The van der Waals surface area contributed by atoms with Gasteiger partial charge < -0.3 is 15.4 Å². The molecule has 2 heterocycles. The minimum absolute atomic E-state index is 0.284. The second kappa shape index (κ2) is 8.19. The minimum Gasteiger partial charge on any atom is -0.496 e. The van der Waals surface area contributed by atoms with Gasteiger partial charge in [-0.1, -0.05) is 23.8 Å². The minimum atomic E-state index is -0.802. The lowest BCUT2D eigenvalue weighted by molar-refractivity contribution is -0.118. The van der Waals surface area contributed by atoms with Crippen LogP contribution in [-0.2, 0) is 11.8 Å². The summed E-state index contributed by atoms with van der Waals surface area (Å²) in [5.74, 6) is 0.335. The van der Waals surface area contributed by atoms with Crippen LogP contribution < -0.4 is 15.4 Å². The summed E-state index contributed by atoms with van der Waals surface area (Å²) >= 11 is 3.53. The lowest BCUT2D eigenvalue weighted by Crippen LogP contribution is -2.50. The van der Waals surface area contributed by atoms with Crippen LogP contribution in [0.15, 0.2) is 46.9 Å². The van der Waals surface area contributed by atoms with Crippen LogP contribution in [0.4, 0.5) is 5.82 Å². The van der Waals surface area contributed by atoms with E-state index < -0.39 is 12.0 Å². The van der Waals surface area contributed by atoms with Crippen molar-refractivity contribution >= 4 is 33.6 Å². The van der Waals surface area contributed by atoms with E-state index >= 15 is 0 Å². The molecule has 0 radical (unpaired) electrons. The largest absolute Gasteiger partial charge is 0.496 e. The maximum Gasteiger partial charge on any atom is 0.251 e. The second-order valence-electron chi connectivity index (χ2n) is 7.65. The van der Waals surface area contributed by atoms with Gasteiger partial charge in [0.2, 0.25) is 5.91 Å². The number of anilines is 1.